The molecule has 0 aliphatic carbocycles. The molecule has 6 rings (SSSR count). The first-order valence-electron chi connectivity index (χ1n) is 9.93. The van der Waals surface area contributed by atoms with E-state index in [4.69, 9.17) is 5.73 Å². The van der Waals surface area contributed by atoms with Crippen molar-refractivity contribution in [3.63, 3.8) is 0 Å². The van der Waals surface area contributed by atoms with Crippen molar-refractivity contribution in [2.75, 3.05) is 5.73 Å². The number of pyridine rings is 1. The van der Waals surface area contributed by atoms with Crippen molar-refractivity contribution < 1.29 is 9.90 Å². The normalized spacial score (nSPS) is 11.7. The van der Waals surface area contributed by atoms with Crippen molar-refractivity contribution in [2.45, 2.75) is 13.8 Å². The van der Waals surface area contributed by atoms with Gasteiger partial charge in [0.1, 0.15) is 26.4 Å². The van der Waals surface area contributed by atoms with Gasteiger partial charge in [0.25, 0.3) is 0 Å². The monoisotopic (exact) mass is 473 g/mol. The van der Waals surface area contributed by atoms with Gasteiger partial charge in [-0.05, 0) is 43.3 Å². The van der Waals surface area contributed by atoms with E-state index in [9.17, 15) is 9.90 Å². The van der Waals surface area contributed by atoms with Gasteiger partial charge in [-0.3, -0.25) is 9.78 Å². The summed E-state index contributed by atoms with van der Waals surface area (Å²) in [5.74, 6) is 0.377. The molecule has 0 aliphatic rings. The summed E-state index contributed by atoms with van der Waals surface area (Å²) < 4.78 is 3.41. The second-order valence-corrected chi connectivity index (χ2v) is 9.90. The lowest BCUT2D eigenvalue weighted by Gasteiger charge is -2.06. The highest BCUT2D eigenvalue weighted by Crippen LogP contribution is 2.45. The number of nitrogens with two attached hydrogens (primary N) is 1. The molecule has 5 aromatic heterocycles. The van der Waals surface area contributed by atoms with Gasteiger partial charge in [-0.2, -0.15) is 5.10 Å². The van der Waals surface area contributed by atoms with Gasteiger partial charge in [0.15, 0.2) is 5.82 Å². The maximum atomic E-state index is 13.5. The minimum atomic E-state index is -0.229. The lowest BCUT2D eigenvalue weighted by molar-refractivity contribution is 0.104. The fourth-order valence-corrected chi connectivity index (χ4v) is 6.53. The molecule has 33 heavy (non-hydrogen) atoms. The Bertz CT molecular complexity index is 1750. The number of benzene rings is 1. The van der Waals surface area contributed by atoms with E-state index in [0.717, 1.165) is 20.1 Å². The number of rotatable bonds is 3. The van der Waals surface area contributed by atoms with Crippen LogP contribution in [-0.4, -0.2) is 41.1 Å². The Labute approximate surface area is 194 Å². The van der Waals surface area contributed by atoms with Gasteiger partial charge in [-0.15, -0.1) is 32.9 Å². The fraction of sp³-hybridized carbons (Fsp3) is 0.0909. The maximum absolute atomic E-state index is 13.5. The summed E-state index contributed by atoms with van der Waals surface area (Å²) in [4.78, 5) is 18.1. The molecule has 11 heteroatoms. The quantitative estimate of drug-likeness (QED) is 0.366. The van der Waals surface area contributed by atoms with Crippen LogP contribution in [0.2, 0.25) is 0 Å². The van der Waals surface area contributed by atoms with Gasteiger partial charge in [-0.1, -0.05) is 6.07 Å². The molecule has 0 saturated heterocycles. The van der Waals surface area contributed by atoms with Gasteiger partial charge in [-0.25, -0.2) is 4.68 Å². The number of hydrogen-bond donors (Lipinski definition) is 2. The number of anilines is 1. The van der Waals surface area contributed by atoms with Crippen LogP contribution in [0.3, 0.4) is 0 Å². The Morgan fingerprint density at radius 3 is 2.76 bits per heavy atom. The largest absolute Gasteiger partial charge is 0.506 e. The summed E-state index contributed by atoms with van der Waals surface area (Å²) in [5.41, 5.74) is 10.1. The van der Waals surface area contributed by atoms with Crippen molar-refractivity contribution >= 4 is 64.7 Å². The number of phenols is 1. The topological polar surface area (TPSA) is 133 Å². The van der Waals surface area contributed by atoms with Crippen LogP contribution in [0.4, 0.5) is 5.69 Å². The molecule has 0 saturated carbocycles. The van der Waals surface area contributed by atoms with Crippen LogP contribution in [0.5, 0.6) is 5.75 Å². The molecule has 6 aromatic rings. The number of carbonyl (C=O) groups is 1. The Morgan fingerprint density at radius 2 is 1.97 bits per heavy atom. The molecule has 3 N–H and O–H groups in total. The van der Waals surface area contributed by atoms with E-state index in [1.807, 2.05) is 19.9 Å². The van der Waals surface area contributed by atoms with E-state index >= 15 is 0 Å². The number of carbonyl (C=O) groups excluding carboxylic acids is 1. The van der Waals surface area contributed by atoms with Crippen LogP contribution in [0.25, 0.3) is 36.3 Å². The summed E-state index contributed by atoms with van der Waals surface area (Å²) in [7, 11) is 0. The molecule has 0 radical (unpaired) electrons. The average molecular weight is 474 g/mol. The molecular weight excluding hydrogens is 458 g/mol. The number of nitrogen functional groups attached to an aromatic ring is 1. The molecular formula is C22H15N7O2S2. The van der Waals surface area contributed by atoms with Gasteiger partial charge < -0.3 is 10.8 Å². The molecule has 1 aromatic carbocycles. The van der Waals surface area contributed by atoms with Gasteiger partial charge >= 0.3 is 0 Å². The van der Waals surface area contributed by atoms with Gasteiger partial charge in [0.2, 0.25) is 5.78 Å². The molecule has 0 aliphatic heterocycles. The second-order valence-electron chi connectivity index (χ2n) is 7.60. The molecule has 0 bridgehead atoms. The van der Waals surface area contributed by atoms with E-state index in [2.05, 4.69) is 25.5 Å². The Balaban J connectivity index is 1.55. The molecule has 162 valence electrons. The smallest absolute Gasteiger partial charge is 0.205 e. The van der Waals surface area contributed by atoms with E-state index in [1.165, 1.54) is 28.7 Å². The number of nitrogens with zero attached hydrogens (tertiary/aromatic N) is 6. The third-order valence-electron chi connectivity index (χ3n) is 5.46. The highest BCUT2D eigenvalue weighted by molar-refractivity contribution is 7.42. The first-order valence-corrected chi connectivity index (χ1v) is 11.6. The van der Waals surface area contributed by atoms with Crippen LogP contribution in [0.15, 0.2) is 36.5 Å². The van der Waals surface area contributed by atoms with Crippen molar-refractivity contribution in [3.8, 4) is 11.6 Å². The van der Waals surface area contributed by atoms with Gasteiger partial charge in [0, 0.05) is 22.8 Å². The van der Waals surface area contributed by atoms with Crippen LogP contribution < -0.4 is 5.73 Å². The maximum Gasteiger partial charge on any atom is 0.205 e. The standard InChI is InChI=1S/C22H15N7O2S2/c1-9-8-10(2)29(27-9)21-20-17(25-28-26-21)14-15(23)19(32-22(14)33-20)18(31)12-5-6-13(30)16-11(12)4-3-7-24-16/h3-8,30H,23H2,1-2H3. The SMILES string of the molecule is Cc1cc(C)n(-c2nnnc3c2sc2sc(C(=O)c4ccc(O)c5ncccc45)c(N)c23)n1. The summed E-state index contributed by atoms with van der Waals surface area (Å²) in [6.45, 7) is 3.87. The third-order valence-corrected chi connectivity index (χ3v) is 7.92. The zero-order valence-corrected chi connectivity index (χ0v) is 19.0. The number of fused-ring (bicyclic) bond motifs is 4. The minimum Gasteiger partial charge on any atom is -0.506 e. The molecule has 5 heterocycles. The molecule has 0 atom stereocenters. The van der Waals surface area contributed by atoms with Crippen molar-refractivity contribution in [2.24, 2.45) is 0 Å². The van der Waals surface area contributed by atoms with Crippen LogP contribution >= 0.6 is 22.7 Å². The predicted octanol–water partition coefficient (Wildman–Crippen LogP) is 4.17. The summed E-state index contributed by atoms with van der Waals surface area (Å²) >= 11 is 2.78. The molecule has 0 unspecified atom stereocenters. The summed E-state index contributed by atoms with van der Waals surface area (Å²) in [5, 5.41) is 28.3. The van der Waals surface area contributed by atoms with E-state index in [0.29, 0.717) is 43.8 Å². The zero-order chi connectivity index (χ0) is 22.9. The van der Waals surface area contributed by atoms with E-state index in [1.54, 1.807) is 29.1 Å². The van der Waals surface area contributed by atoms with Crippen molar-refractivity contribution in [3.05, 3.63) is 58.4 Å². The molecule has 0 amide bonds. The van der Waals surface area contributed by atoms with E-state index in [-0.39, 0.29) is 11.5 Å². The number of ketones is 1. The van der Waals surface area contributed by atoms with Crippen molar-refractivity contribution in [1.29, 1.82) is 0 Å². The van der Waals surface area contributed by atoms with Crippen molar-refractivity contribution in [1.82, 2.24) is 30.2 Å². The average Bonchev–Trinajstić information content (AvgIpc) is 3.45. The Hall–Kier alpha value is -3.96. The van der Waals surface area contributed by atoms with Crippen LogP contribution in [-0.2, 0) is 0 Å². The van der Waals surface area contributed by atoms with Crippen LogP contribution in [0, 0.1) is 13.8 Å². The van der Waals surface area contributed by atoms with E-state index < -0.39 is 0 Å². The molecule has 0 fully saturated rings. The lowest BCUT2D eigenvalue weighted by atomic mass is 10.0. The number of aromatic nitrogens is 6. The summed E-state index contributed by atoms with van der Waals surface area (Å²) in [6.07, 6.45) is 1.57. The fourth-order valence-electron chi connectivity index (χ4n) is 4.00. The summed E-state index contributed by atoms with van der Waals surface area (Å²) in [6, 6.07) is 8.52. The third kappa shape index (κ3) is 2.82. The van der Waals surface area contributed by atoms with Gasteiger partial charge in [0.05, 0.1) is 20.8 Å². The Kier molecular flexibility index (Phi) is 4.19. The number of phenolic OH excluding ortho intramolecular Hbond substituents is 1. The van der Waals surface area contributed by atoms with Crippen LogP contribution in [0.1, 0.15) is 26.6 Å². The first kappa shape index (κ1) is 19.7. The zero-order valence-electron chi connectivity index (χ0n) is 17.4. The first-order chi connectivity index (χ1) is 15.9. The number of hydrogen-bond acceptors (Lipinski definition) is 10. The highest BCUT2D eigenvalue weighted by atomic mass is 32.2. The second kappa shape index (κ2) is 7.02. The molecule has 0 spiro atoms. The minimum absolute atomic E-state index is 0.0211. The number of aromatic hydroxyl groups is 1. The number of thiophene rings is 2. The Morgan fingerprint density at radius 1 is 1.12 bits per heavy atom. The number of aryl methyl sites for hydroxylation is 2. The predicted molar refractivity (Wildman–Crippen MR) is 128 cm³/mol. The highest BCUT2D eigenvalue weighted by Gasteiger charge is 2.25. The lowest BCUT2D eigenvalue weighted by Crippen LogP contribution is -2.05. The molecule has 9 nitrogen and oxygen atoms in total.